The molecule has 0 saturated carbocycles. The summed E-state index contributed by atoms with van der Waals surface area (Å²) in [5.41, 5.74) is 2.20. The molecule has 0 N–H and O–H groups in total. The van der Waals surface area contributed by atoms with Crippen LogP contribution in [0.15, 0.2) is 24.3 Å². The molecule has 0 aromatic heterocycles. The molecule has 0 unspecified atom stereocenters. The van der Waals surface area contributed by atoms with Crippen LogP contribution in [-0.4, -0.2) is 47.8 Å². The van der Waals surface area contributed by atoms with Crippen molar-refractivity contribution in [2.45, 2.75) is 20.3 Å². The number of carbonyl (C=O) groups is 2. The molecule has 0 radical (unpaired) electrons. The van der Waals surface area contributed by atoms with Gasteiger partial charge in [-0.25, -0.2) is 0 Å². The molecule has 2 heterocycles. The third-order valence-electron chi connectivity index (χ3n) is 4.45. The van der Waals surface area contributed by atoms with E-state index in [2.05, 4.69) is 6.92 Å². The van der Waals surface area contributed by atoms with E-state index >= 15 is 0 Å². The van der Waals surface area contributed by atoms with E-state index in [9.17, 15) is 9.59 Å². The highest BCUT2D eigenvalue weighted by atomic mass is 16.2. The zero-order chi connectivity index (χ0) is 14.3. The standard InChI is InChI=1S/C16H20N2O2/c1-3-13-4-6-14(7-5-13)15(20)18-10-16(11-18)8-17(9-16)12(2)19/h4-7H,3,8-11H2,1-2H3. The molecule has 4 nitrogen and oxygen atoms in total. The Morgan fingerprint density at radius 1 is 1.05 bits per heavy atom. The zero-order valence-electron chi connectivity index (χ0n) is 12.1. The second kappa shape index (κ2) is 4.62. The summed E-state index contributed by atoms with van der Waals surface area (Å²) in [7, 11) is 0. The van der Waals surface area contributed by atoms with Crippen molar-refractivity contribution in [3.63, 3.8) is 0 Å². The van der Waals surface area contributed by atoms with Gasteiger partial charge < -0.3 is 9.80 Å². The van der Waals surface area contributed by atoms with E-state index < -0.39 is 0 Å². The largest absolute Gasteiger partial charge is 0.341 e. The van der Waals surface area contributed by atoms with E-state index in [4.69, 9.17) is 0 Å². The lowest BCUT2D eigenvalue weighted by atomic mass is 9.72. The molecular weight excluding hydrogens is 252 g/mol. The van der Waals surface area contributed by atoms with Gasteiger partial charge in [-0.05, 0) is 24.1 Å². The third kappa shape index (κ3) is 2.09. The van der Waals surface area contributed by atoms with Crippen molar-refractivity contribution in [3.8, 4) is 0 Å². The van der Waals surface area contributed by atoms with E-state index in [1.165, 1.54) is 5.56 Å². The molecule has 0 aliphatic carbocycles. The quantitative estimate of drug-likeness (QED) is 0.819. The SMILES string of the molecule is CCc1ccc(C(=O)N2CC3(CN(C(C)=O)C3)C2)cc1. The van der Waals surface area contributed by atoms with Gasteiger partial charge >= 0.3 is 0 Å². The Morgan fingerprint density at radius 2 is 1.60 bits per heavy atom. The van der Waals surface area contributed by atoms with Gasteiger partial charge in [0.1, 0.15) is 0 Å². The summed E-state index contributed by atoms with van der Waals surface area (Å²) in [5.74, 6) is 0.245. The summed E-state index contributed by atoms with van der Waals surface area (Å²) in [6.07, 6.45) is 0.988. The molecule has 1 spiro atoms. The van der Waals surface area contributed by atoms with E-state index in [-0.39, 0.29) is 17.2 Å². The van der Waals surface area contributed by atoms with Crippen LogP contribution >= 0.6 is 0 Å². The molecule has 4 heteroatoms. The van der Waals surface area contributed by atoms with Crippen LogP contribution in [0.4, 0.5) is 0 Å². The first-order valence-electron chi connectivity index (χ1n) is 7.17. The van der Waals surface area contributed by atoms with Crippen molar-refractivity contribution in [2.24, 2.45) is 5.41 Å². The van der Waals surface area contributed by atoms with Crippen LogP contribution in [0.25, 0.3) is 0 Å². The van der Waals surface area contributed by atoms with Crippen molar-refractivity contribution in [1.82, 2.24) is 9.80 Å². The fraction of sp³-hybridized carbons (Fsp3) is 0.500. The highest BCUT2D eigenvalue weighted by molar-refractivity contribution is 5.95. The second-order valence-corrected chi connectivity index (χ2v) is 6.09. The van der Waals surface area contributed by atoms with E-state index in [1.807, 2.05) is 34.1 Å². The van der Waals surface area contributed by atoms with Crippen LogP contribution in [0.3, 0.4) is 0 Å². The Morgan fingerprint density at radius 3 is 2.10 bits per heavy atom. The van der Waals surface area contributed by atoms with Gasteiger partial charge in [-0.2, -0.15) is 0 Å². The Hall–Kier alpha value is -1.84. The number of benzene rings is 1. The lowest BCUT2D eigenvalue weighted by Gasteiger charge is -2.60. The highest BCUT2D eigenvalue weighted by Crippen LogP contribution is 2.40. The molecule has 2 fully saturated rings. The Balaban J connectivity index is 1.57. The highest BCUT2D eigenvalue weighted by Gasteiger charge is 2.53. The van der Waals surface area contributed by atoms with E-state index in [1.54, 1.807) is 6.92 Å². The predicted molar refractivity (Wildman–Crippen MR) is 76.4 cm³/mol. The molecule has 20 heavy (non-hydrogen) atoms. The number of nitrogens with zero attached hydrogens (tertiary/aromatic N) is 2. The first-order chi connectivity index (χ1) is 9.53. The molecular formula is C16H20N2O2. The summed E-state index contributed by atoms with van der Waals surface area (Å²) in [5, 5.41) is 0. The van der Waals surface area contributed by atoms with E-state index in [0.717, 1.165) is 38.2 Å². The Labute approximate surface area is 119 Å². The van der Waals surface area contributed by atoms with Crippen LogP contribution in [0.1, 0.15) is 29.8 Å². The molecule has 2 aliphatic heterocycles. The van der Waals surface area contributed by atoms with Crippen molar-refractivity contribution < 1.29 is 9.59 Å². The summed E-state index contributed by atoms with van der Waals surface area (Å²) in [6.45, 7) is 6.88. The van der Waals surface area contributed by atoms with Crippen LogP contribution in [0.2, 0.25) is 0 Å². The first-order valence-corrected chi connectivity index (χ1v) is 7.17. The van der Waals surface area contributed by atoms with Gasteiger partial charge in [-0.3, -0.25) is 9.59 Å². The zero-order valence-corrected chi connectivity index (χ0v) is 12.1. The fourth-order valence-electron chi connectivity index (χ4n) is 3.16. The van der Waals surface area contributed by atoms with Crippen molar-refractivity contribution in [2.75, 3.05) is 26.2 Å². The minimum atomic E-state index is 0.111. The number of likely N-dealkylation sites (tertiary alicyclic amines) is 2. The minimum absolute atomic E-state index is 0.111. The fourth-order valence-corrected chi connectivity index (χ4v) is 3.16. The molecule has 2 aliphatic rings. The monoisotopic (exact) mass is 272 g/mol. The van der Waals surface area contributed by atoms with Gasteiger partial charge in [0.05, 0.1) is 0 Å². The maximum atomic E-state index is 12.3. The normalized spacial score (nSPS) is 19.5. The average Bonchev–Trinajstić information content (AvgIpc) is 2.35. The van der Waals surface area contributed by atoms with Crippen LogP contribution in [0, 0.1) is 5.41 Å². The van der Waals surface area contributed by atoms with Crippen LogP contribution in [-0.2, 0) is 11.2 Å². The van der Waals surface area contributed by atoms with Gasteiger partial charge in [0.2, 0.25) is 5.91 Å². The number of carbonyl (C=O) groups excluding carboxylic acids is 2. The van der Waals surface area contributed by atoms with Gasteiger partial charge in [0.15, 0.2) is 0 Å². The van der Waals surface area contributed by atoms with E-state index in [0.29, 0.717) is 0 Å². The average molecular weight is 272 g/mol. The second-order valence-electron chi connectivity index (χ2n) is 6.09. The topological polar surface area (TPSA) is 40.6 Å². The number of hydrogen-bond acceptors (Lipinski definition) is 2. The van der Waals surface area contributed by atoms with Crippen LogP contribution in [0.5, 0.6) is 0 Å². The first kappa shape index (κ1) is 13.2. The number of rotatable bonds is 2. The summed E-state index contributed by atoms with van der Waals surface area (Å²) in [6, 6.07) is 7.86. The smallest absolute Gasteiger partial charge is 0.253 e. The Kier molecular flexibility index (Phi) is 3.04. The number of hydrogen-bond donors (Lipinski definition) is 0. The number of aryl methyl sites for hydroxylation is 1. The maximum absolute atomic E-state index is 12.3. The molecule has 0 atom stereocenters. The molecule has 1 aromatic rings. The van der Waals surface area contributed by atoms with Crippen molar-refractivity contribution in [1.29, 1.82) is 0 Å². The van der Waals surface area contributed by atoms with Gasteiger partial charge in [-0.1, -0.05) is 19.1 Å². The maximum Gasteiger partial charge on any atom is 0.253 e. The van der Waals surface area contributed by atoms with Crippen molar-refractivity contribution >= 4 is 11.8 Å². The van der Waals surface area contributed by atoms with Gasteiger partial charge in [-0.15, -0.1) is 0 Å². The minimum Gasteiger partial charge on any atom is -0.341 e. The molecule has 3 rings (SSSR count). The number of amides is 2. The predicted octanol–water partition coefficient (Wildman–Crippen LogP) is 1.55. The summed E-state index contributed by atoms with van der Waals surface area (Å²) < 4.78 is 0. The Bertz CT molecular complexity index is 536. The van der Waals surface area contributed by atoms with Gasteiger partial charge in [0, 0.05) is 44.1 Å². The molecule has 2 saturated heterocycles. The van der Waals surface area contributed by atoms with Crippen molar-refractivity contribution in [3.05, 3.63) is 35.4 Å². The summed E-state index contributed by atoms with van der Waals surface area (Å²) in [4.78, 5) is 27.2. The van der Waals surface area contributed by atoms with Crippen LogP contribution < -0.4 is 0 Å². The molecule has 106 valence electrons. The molecule has 0 bridgehead atoms. The summed E-state index contributed by atoms with van der Waals surface area (Å²) >= 11 is 0. The lowest BCUT2D eigenvalue weighted by molar-refractivity contribution is -0.152. The van der Waals surface area contributed by atoms with Gasteiger partial charge in [0.25, 0.3) is 5.91 Å². The molecule has 2 amide bonds. The lowest BCUT2D eigenvalue weighted by Crippen LogP contribution is -2.73. The third-order valence-corrected chi connectivity index (χ3v) is 4.45. The molecule has 1 aromatic carbocycles.